The molecule has 0 saturated heterocycles. The molecule has 1 heterocycles. The number of anilines is 1. The summed E-state index contributed by atoms with van der Waals surface area (Å²) in [5.74, 6) is 0.754. The summed E-state index contributed by atoms with van der Waals surface area (Å²) in [5, 5.41) is 3.82. The first-order valence-corrected chi connectivity index (χ1v) is 6.28. The Hall–Kier alpha value is -2.17. The van der Waals surface area contributed by atoms with Gasteiger partial charge in [-0.2, -0.15) is 0 Å². The van der Waals surface area contributed by atoms with Crippen molar-refractivity contribution in [2.75, 3.05) is 18.5 Å². The number of nitrogens with zero attached hydrogens (tertiary/aromatic N) is 3. The lowest BCUT2D eigenvalue weighted by molar-refractivity contribution is -0.120. The number of aromatic nitrogens is 2. The van der Waals surface area contributed by atoms with Gasteiger partial charge in [-0.1, -0.05) is 12.1 Å². The van der Waals surface area contributed by atoms with Gasteiger partial charge in [0.15, 0.2) is 0 Å². The number of hydrogen-bond acceptors (Lipinski definition) is 4. The van der Waals surface area contributed by atoms with Gasteiger partial charge >= 0.3 is 0 Å². The summed E-state index contributed by atoms with van der Waals surface area (Å²) in [6.45, 7) is 4.16. The first kappa shape index (κ1) is 13.3. The van der Waals surface area contributed by atoms with E-state index in [1.165, 1.54) is 6.33 Å². The maximum Gasteiger partial charge on any atom is 0.239 e. The van der Waals surface area contributed by atoms with Gasteiger partial charge in [-0.3, -0.25) is 4.79 Å². The highest BCUT2D eigenvalue weighted by atomic mass is 16.2. The van der Waals surface area contributed by atoms with E-state index in [2.05, 4.69) is 15.3 Å². The molecule has 0 aliphatic rings. The van der Waals surface area contributed by atoms with Gasteiger partial charge in [-0.05, 0) is 26.0 Å². The van der Waals surface area contributed by atoms with E-state index in [0.29, 0.717) is 0 Å². The smallest absolute Gasteiger partial charge is 0.239 e. The highest BCUT2D eigenvalue weighted by molar-refractivity contribution is 5.91. The number of rotatable bonds is 4. The van der Waals surface area contributed by atoms with Crippen molar-refractivity contribution in [2.24, 2.45) is 0 Å². The molecule has 5 heteroatoms. The standard InChI is InChI=1S/C14H18N4O/c1-10(2)17-13(19)8-18(3)14-11-6-4-5-7-12(11)15-9-16-14/h4-7,9-10H,8H2,1-3H3,(H,17,19). The molecule has 5 nitrogen and oxygen atoms in total. The summed E-state index contributed by atoms with van der Waals surface area (Å²) in [7, 11) is 1.86. The minimum atomic E-state index is -0.0137. The third kappa shape index (κ3) is 3.19. The Balaban J connectivity index is 2.22. The topological polar surface area (TPSA) is 58.1 Å². The molecule has 1 N–H and O–H groups in total. The van der Waals surface area contributed by atoms with E-state index in [1.54, 1.807) is 0 Å². The summed E-state index contributed by atoms with van der Waals surface area (Å²) < 4.78 is 0. The second kappa shape index (κ2) is 5.65. The molecular weight excluding hydrogens is 240 g/mol. The molecule has 1 aromatic carbocycles. The van der Waals surface area contributed by atoms with Crippen LogP contribution < -0.4 is 10.2 Å². The van der Waals surface area contributed by atoms with Gasteiger partial charge in [0.05, 0.1) is 12.1 Å². The molecule has 0 radical (unpaired) electrons. The fourth-order valence-corrected chi connectivity index (χ4v) is 1.95. The highest BCUT2D eigenvalue weighted by Gasteiger charge is 2.12. The maximum absolute atomic E-state index is 11.8. The molecule has 0 fully saturated rings. The van der Waals surface area contributed by atoms with Crippen molar-refractivity contribution >= 4 is 22.6 Å². The van der Waals surface area contributed by atoms with Crippen molar-refractivity contribution < 1.29 is 4.79 Å². The molecule has 19 heavy (non-hydrogen) atoms. The third-order valence-corrected chi connectivity index (χ3v) is 2.71. The molecule has 1 aromatic heterocycles. The Kier molecular flexibility index (Phi) is 3.94. The summed E-state index contributed by atoms with van der Waals surface area (Å²) in [5.41, 5.74) is 0.878. The van der Waals surface area contributed by atoms with Crippen LogP contribution in [0.3, 0.4) is 0 Å². The number of fused-ring (bicyclic) bond motifs is 1. The molecule has 1 amide bonds. The SMILES string of the molecule is CC(C)NC(=O)CN(C)c1ncnc2ccccc12. The average Bonchev–Trinajstić information content (AvgIpc) is 2.36. The lowest BCUT2D eigenvalue weighted by Gasteiger charge is -2.19. The van der Waals surface area contributed by atoms with Crippen molar-refractivity contribution in [2.45, 2.75) is 19.9 Å². The van der Waals surface area contributed by atoms with Gasteiger partial charge in [-0.25, -0.2) is 9.97 Å². The monoisotopic (exact) mass is 258 g/mol. The van der Waals surface area contributed by atoms with E-state index in [0.717, 1.165) is 16.7 Å². The molecule has 100 valence electrons. The summed E-state index contributed by atoms with van der Waals surface area (Å²) >= 11 is 0. The van der Waals surface area contributed by atoms with Crippen molar-refractivity contribution in [1.29, 1.82) is 0 Å². The van der Waals surface area contributed by atoms with E-state index in [4.69, 9.17) is 0 Å². The van der Waals surface area contributed by atoms with Crippen LogP contribution in [-0.4, -0.2) is 35.5 Å². The van der Waals surface area contributed by atoms with Crippen molar-refractivity contribution in [1.82, 2.24) is 15.3 Å². The molecule has 0 unspecified atom stereocenters. The number of carbonyl (C=O) groups excluding carboxylic acids is 1. The van der Waals surface area contributed by atoms with Gasteiger partial charge in [0.2, 0.25) is 5.91 Å². The Labute approximate surface area is 112 Å². The summed E-state index contributed by atoms with van der Waals surface area (Å²) in [6.07, 6.45) is 1.52. The molecule has 0 bridgehead atoms. The normalized spacial score (nSPS) is 10.7. The predicted octanol–water partition coefficient (Wildman–Crippen LogP) is 1.59. The lowest BCUT2D eigenvalue weighted by atomic mass is 10.2. The second-order valence-electron chi connectivity index (χ2n) is 4.79. The number of carbonyl (C=O) groups is 1. The summed E-state index contributed by atoms with van der Waals surface area (Å²) in [6, 6.07) is 7.91. The average molecular weight is 258 g/mol. The molecule has 0 aliphatic heterocycles. The van der Waals surface area contributed by atoms with Crippen LogP contribution in [0.5, 0.6) is 0 Å². The fraction of sp³-hybridized carbons (Fsp3) is 0.357. The number of amides is 1. The van der Waals surface area contributed by atoms with Gasteiger partial charge in [-0.15, -0.1) is 0 Å². The van der Waals surface area contributed by atoms with E-state index < -0.39 is 0 Å². The van der Waals surface area contributed by atoms with Crippen LogP contribution in [0, 0.1) is 0 Å². The minimum Gasteiger partial charge on any atom is -0.352 e. The largest absolute Gasteiger partial charge is 0.352 e. The third-order valence-electron chi connectivity index (χ3n) is 2.71. The van der Waals surface area contributed by atoms with Crippen molar-refractivity contribution in [3.05, 3.63) is 30.6 Å². The Bertz CT molecular complexity index is 577. The zero-order valence-corrected chi connectivity index (χ0v) is 11.4. The van der Waals surface area contributed by atoms with Crippen LogP contribution in [-0.2, 0) is 4.79 Å². The molecule has 2 aromatic rings. The zero-order chi connectivity index (χ0) is 13.8. The molecular formula is C14H18N4O. The first-order chi connectivity index (χ1) is 9.08. The van der Waals surface area contributed by atoms with Crippen LogP contribution in [0.15, 0.2) is 30.6 Å². The zero-order valence-electron chi connectivity index (χ0n) is 11.4. The minimum absolute atomic E-state index is 0.0137. The van der Waals surface area contributed by atoms with Crippen LogP contribution >= 0.6 is 0 Å². The van der Waals surface area contributed by atoms with Crippen LogP contribution in [0.4, 0.5) is 5.82 Å². The van der Waals surface area contributed by atoms with E-state index in [9.17, 15) is 4.79 Å². The van der Waals surface area contributed by atoms with E-state index in [1.807, 2.05) is 50.1 Å². The number of para-hydroxylation sites is 1. The number of nitrogens with one attached hydrogen (secondary N) is 1. The van der Waals surface area contributed by atoms with Gasteiger partial charge in [0.25, 0.3) is 0 Å². The van der Waals surface area contributed by atoms with Crippen LogP contribution in [0.2, 0.25) is 0 Å². The van der Waals surface area contributed by atoms with Crippen molar-refractivity contribution in [3.63, 3.8) is 0 Å². The Morgan fingerprint density at radius 3 is 2.79 bits per heavy atom. The fourth-order valence-electron chi connectivity index (χ4n) is 1.95. The van der Waals surface area contributed by atoms with E-state index in [-0.39, 0.29) is 18.5 Å². The lowest BCUT2D eigenvalue weighted by Crippen LogP contribution is -2.38. The Morgan fingerprint density at radius 2 is 2.05 bits per heavy atom. The van der Waals surface area contributed by atoms with Gasteiger partial charge in [0.1, 0.15) is 12.1 Å². The van der Waals surface area contributed by atoms with Gasteiger partial charge < -0.3 is 10.2 Å². The number of benzene rings is 1. The van der Waals surface area contributed by atoms with E-state index >= 15 is 0 Å². The van der Waals surface area contributed by atoms with Crippen LogP contribution in [0.1, 0.15) is 13.8 Å². The first-order valence-electron chi connectivity index (χ1n) is 6.28. The Morgan fingerprint density at radius 1 is 1.32 bits per heavy atom. The highest BCUT2D eigenvalue weighted by Crippen LogP contribution is 2.20. The van der Waals surface area contributed by atoms with Crippen LogP contribution in [0.25, 0.3) is 10.9 Å². The molecule has 0 aliphatic carbocycles. The van der Waals surface area contributed by atoms with Gasteiger partial charge in [0, 0.05) is 18.5 Å². The summed E-state index contributed by atoms with van der Waals surface area (Å²) in [4.78, 5) is 22.1. The predicted molar refractivity (Wildman–Crippen MR) is 76.1 cm³/mol. The second-order valence-corrected chi connectivity index (χ2v) is 4.79. The number of likely N-dealkylation sites (N-methyl/N-ethyl adjacent to an activating group) is 1. The molecule has 0 saturated carbocycles. The molecule has 0 spiro atoms. The molecule has 2 rings (SSSR count). The quantitative estimate of drug-likeness (QED) is 0.904. The number of hydrogen-bond donors (Lipinski definition) is 1. The molecule has 0 atom stereocenters. The maximum atomic E-state index is 11.8. The van der Waals surface area contributed by atoms with Crippen molar-refractivity contribution in [3.8, 4) is 0 Å².